The lowest BCUT2D eigenvalue weighted by atomic mass is 10.2. The molecule has 0 rings (SSSR count). The quantitative estimate of drug-likeness (QED) is 0.213. The Bertz CT molecular complexity index is 582. The number of esters is 2. The summed E-state index contributed by atoms with van der Waals surface area (Å²) in [5.74, 6) is -2.91. The SMILES string of the molecule is C=C(C(=O)OCCCCC(=O)OCC(F)(F)S(=O)(=O)O)C(F)(F)F. The average molecular weight is 384 g/mol. The highest BCUT2D eigenvalue weighted by Gasteiger charge is 2.45. The van der Waals surface area contributed by atoms with E-state index in [2.05, 4.69) is 16.1 Å². The number of alkyl halides is 5. The predicted octanol–water partition coefficient (Wildman–Crippen LogP) is 1.84. The van der Waals surface area contributed by atoms with Crippen LogP contribution in [0.1, 0.15) is 19.3 Å². The zero-order valence-electron chi connectivity index (χ0n) is 11.9. The van der Waals surface area contributed by atoms with Crippen LogP contribution >= 0.6 is 0 Å². The summed E-state index contributed by atoms with van der Waals surface area (Å²) < 4.78 is 98.4. The Morgan fingerprint density at radius 2 is 1.58 bits per heavy atom. The van der Waals surface area contributed by atoms with E-state index in [1.54, 1.807) is 0 Å². The van der Waals surface area contributed by atoms with Crippen LogP contribution in [0.4, 0.5) is 22.0 Å². The predicted molar refractivity (Wildman–Crippen MR) is 67.5 cm³/mol. The van der Waals surface area contributed by atoms with E-state index in [9.17, 15) is 40.0 Å². The first-order chi connectivity index (χ1) is 10.7. The van der Waals surface area contributed by atoms with Crippen LogP contribution in [0.5, 0.6) is 0 Å². The van der Waals surface area contributed by atoms with Crippen molar-refractivity contribution in [3.05, 3.63) is 12.2 Å². The first-order valence-corrected chi connectivity index (χ1v) is 7.56. The molecule has 0 aliphatic heterocycles. The van der Waals surface area contributed by atoms with Crippen LogP contribution in [0.3, 0.4) is 0 Å². The Balaban J connectivity index is 4.00. The molecule has 0 aromatic heterocycles. The molecular formula is C11H13F5O7S. The van der Waals surface area contributed by atoms with Gasteiger partial charge >= 0.3 is 33.5 Å². The van der Waals surface area contributed by atoms with E-state index in [1.165, 1.54) is 0 Å². The summed E-state index contributed by atoms with van der Waals surface area (Å²) in [6.07, 6.45) is -5.60. The third kappa shape index (κ3) is 7.68. The maximum atomic E-state index is 12.7. The second kappa shape index (κ2) is 8.37. The van der Waals surface area contributed by atoms with Crippen LogP contribution in [-0.2, 0) is 29.2 Å². The molecule has 0 aliphatic rings. The number of carbonyl (C=O) groups is 2. The highest BCUT2D eigenvalue weighted by Crippen LogP contribution is 2.25. The molecule has 0 aliphatic carbocycles. The number of unbranched alkanes of at least 4 members (excludes halogenated alkanes) is 1. The zero-order chi connectivity index (χ0) is 19.2. The average Bonchev–Trinajstić information content (AvgIpc) is 2.41. The second-order valence-electron chi connectivity index (χ2n) is 4.34. The van der Waals surface area contributed by atoms with Gasteiger partial charge in [0.1, 0.15) is 5.57 Å². The number of rotatable bonds is 9. The van der Waals surface area contributed by atoms with Gasteiger partial charge in [-0.3, -0.25) is 9.35 Å². The molecule has 0 spiro atoms. The van der Waals surface area contributed by atoms with Crippen molar-refractivity contribution in [2.45, 2.75) is 30.7 Å². The molecule has 0 fully saturated rings. The Kier molecular flexibility index (Phi) is 7.76. The fraction of sp³-hybridized carbons (Fsp3) is 0.636. The maximum absolute atomic E-state index is 12.7. The molecule has 0 saturated heterocycles. The fourth-order valence-corrected chi connectivity index (χ4v) is 1.26. The number of ether oxygens (including phenoxy) is 2. The summed E-state index contributed by atoms with van der Waals surface area (Å²) >= 11 is 0. The Hall–Kier alpha value is -1.76. The van der Waals surface area contributed by atoms with E-state index in [0.717, 1.165) is 0 Å². The van der Waals surface area contributed by atoms with E-state index in [0.29, 0.717) is 0 Å². The first kappa shape index (κ1) is 22.2. The highest BCUT2D eigenvalue weighted by molar-refractivity contribution is 7.86. The molecule has 0 saturated carbocycles. The second-order valence-corrected chi connectivity index (χ2v) is 5.89. The molecule has 0 unspecified atom stereocenters. The standard InChI is InChI=1S/C11H13F5O7S/c1-7(11(14,15)16)9(18)22-5-3-2-4-8(17)23-6-10(12,13)24(19,20)21/h1-6H2,(H,19,20,21). The minimum atomic E-state index is -5.73. The van der Waals surface area contributed by atoms with Crippen molar-refractivity contribution in [3.8, 4) is 0 Å². The van der Waals surface area contributed by atoms with Crippen LogP contribution in [0.15, 0.2) is 12.2 Å². The summed E-state index contributed by atoms with van der Waals surface area (Å²) in [4.78, 5) is 21.9. The van der Waals surface area contributed by atoms with Crippen LogP contribution in [-0.4, -0.2) is 49.6 Å². The van der Waals surface area contributed by atoms with Gasteiger partial charge in [-0.15, -0.1) is 0 Å². The minimum absolute atomic E-state index is 0.0827. The van der Waals surface area contributed by atoms with Gasteiger partial charge in [-0.25, -0.2) is 4.79 Å². The van der Waals surface area contributed by atoms with Crippen LogP contribution in [0.25, 0.3) is 0 Å². The maximum Gasteiger partial charge on any atom is 0.422 e. The molecule has 0 heterocycles. The Labute approximate surface area is 133 Å². The molecule has 0 bridgehead atoms. The van der Waals surface area contributed by atoms with E-state index in [4.69, 9.17) is 4.55 Å². The molecular weight excluding hydrogens is 371 g/mol. The van der Waals surface area contributed by atoms with Crippen molar-refractivity contribution in [3.63, 3.8) is 0 Å². The van der Waals surface area contributed by atoms with Crippen molar-refractivity contribution >= 4 is 22.1 Å². The van der Waals surface area contributed by atoms with Gasteiger partial charge in [0.25, 0.3) is 0 Å². The molecule has 0 amide bonds. The lowest BCUT2D eigenvalue weighted by molar-refractivity contribution is -0.150. The molecule has 1 N–H and O–H groups in total. The van der Waals surface area contributed by atoms with E-state index >= 15 is 0 Å². The van der Waals surface area contributed by atoms with Crippen molar-refractivity contribution in [1.29, 1.82) is 0 Å². The van der Waals surface area contributed by atoms with Gasteiger partial charge in [0.05, 0.1) is 6.61 Å². The van der Waals surface area contributed by atoms with E-state index in [1.807, 2.05) is 0 Å². The molecule has 0 radical (unpaired) electrons. The third-order valence-corrected chi connectivity index (χ3v) is 3.25. The highest BCUT2D eigenvalue weighted by atomic mass is 32.2. The summed E-state index contributed by atoms with van der Waals surface area (Å²) in [6.45, 7) is 0.138. The van der Waals surface area contributed by atoms with Crippen molar-refractivity contribution < 1.29 is 54.0 Å². The lowest BCUT2D eigenvalue weighted by Crippen LogP contribution is -2.34. The number of hydrogen-bond acceptors (Lipinski definition) is 6. The van der Waals surface area contributed by atoms with Gasteiger partial charge in [0, 0.05) is 6.42 Å². The van der Waals surface area contributed by atoms with Gasteiger partial charge in [-0.05, 0) is 12.8 Å². The van der Waals surface area contributed by atoms with Gasteiger partial charge in [-0.1, -0.05) is 6.58 Å². The number of hydrogen-bond donors (Lipinski definition) is 1. The molecule has 24 heavy (non-hydrogen) atoms. The Morgan fingerprint density at radius 1 is 1.04 bits per heavy atom. The summed E-state index contributed by atoms with van der Waals surface area (Å²) in [6, 6.07) is 0. The summed E-state index contributed by atoms with van der Waals surface area (Å²) in [7, 11) is -5.73. The molecule has 140 valence electrons. The van der Waals surface area contributed by atoms with Gasteiger partial charge in [0.2, 0.25) is 0 Å². The molecule has 0 aromatic rings. The van der Waals surface area contributed by atoms with Gasteiger partial charge in [-0.2, -0.15) is 30.4 Å². The van der Waals surface area contributed by atoms with E-state index < -0.39 is 58.7 Å². The van der Waals surface area contributed by atoms with Crippen LogP contribution < -0.4 is 0 Å². The normalized spacial score (nSPS) is 12.6. The lowest BCUT2D eigenvalue weighted by Gasteiger charge is -2.13. The number of carbonyl (C=O) groups excluding carboxylic acids is 2. The summed E-state index contributed by atoms with van der Waals surface area (Å²) in [5, 5.41) is -4.66. The molecule has 0 atom stereocenters. The minimum Gasteiger partial charge on any atom is -0.462 e. The monoisotopic (exact) mass is 384 g/mol. The molecule has 13 heteroatoms. The topological polar surface area (TPSA) is 107 Å². The third-order valence-electron chi connectivity index (χ3n) is 2.38. The Morgan fingerprint density at radius 3 is 2.04 bits per heavy atom. The van der Waals surface area contributed by atoms with Crippen molar-refractivity contribution in [1.82, 2.24) is 0 Å². The number of halogens is 5. The zero-order valence-corrected chi connectivity index (χ0v) is 12.8. The molecule has 7 nitrogen and oxygen atoms in total. The van der Waals surface area contributed by atoms with Crippen molar-refractivity contribution in [2.24, 2.45) is 0 Å². The van der Waals surface area contributed by atoms with Gasteiger partial charge in [0.15, 0.2) is 6.61 Å². The molecule has 0 aromatic carbocycles. The first-order valence-electron chi connectivity index (χ1n) is 6.12. The fourth-order valence-electron chi connectivity index (χ4n) is 1.05. The summed E-state index contributed by atoms with van der Waals surface area (Å²) in [5.41, 5.74) is -1.70. The van der Waals surface area contributed by atoms with Crippen LogP contribution in [0, 0.1) is 0 Å². The van der Waals surface area contributed by atoms with E-state index in [-0.39, 0.29) is 12.8 Å². The smallest absolute Gasteiger partial charge is 0.422 e. The van der Waals surface area contributed by atoms with Crippen LogP contribution in [0.2, 0.25) is 0 Å². The van der Waals surface area contributed by atoms with Crippen molar-refractivity contribution in [2.75, 3.05) is 13.2 Å². The van der Waals surface area contributed by atoms with Gasteiger partial charge < -0.3 is 9.47 Å². The largest absolute Gasteiger partial charge is 0.462 e.